The van der Waals surface area contributed by atoms with Gasteiger partial charge in [-0.3, -0.25) is 0 Å². The molecule has 0 radical (unpaired) electrons. The molecular formula is C36H31NO3. The molecule has 0 saturated carbocycles. The number of rotatable bonds is 7. The minimum absolute atomic E-state index is 0.0828. The van der Waals surface area contributed by atoms with Gasteiger partial charge in [-0.1, -0.05) is 109 Å². The number of benzene rings is 5. The zero-order valence-corrected chi connectivity index (χ0v) is 22.3. The first-order valence-corrected chi connectivity index (χ1v) is 13.9. The average molecular weight is 526 g/mol. The van der Waals surface area contributed by atoms with Gasteiger partial charge in [0.2, 0.25) is 0 Å². The highest BCUT2D eigenvalue weighted by Gasteiger charge is 2.37. The van der Waals surface area contributed by atoms with E-state index in [1.807, 2.05) is 24.3 Å². The van der Waals surface area contributed by atoms with Crippen LogP contribution >= 0.6 is 0 Å². The van der Waals surface area contributed by atoms with Crippen LogP contribution in [0.3, 0.4) is 0 Å². The van der Waals surface area contributed by atoms with E-state index in [-0.39, 0.29) is 12.0 Å². The molecule has 40 heavy (non-hydrogen) atoms. The molecule has 5 aromatic carbocycles. The number of nitrogens with zero attached hydrogens (tertiary/aromatic N) is 1. The zero-order chi connectivity index (χ0) is 26.7. The summed E-state index contributed by atoms with van der Waals surface area (Å²) in [5.74, 6) is 2.47. The molecule has 0 amide bonds. The molecule has 0 spiro atoms. The van der Waals surface area contributed by atoms with Crippen molar-refractivity contribution >= 4 is 5.69 Å². The van der Waals surface area contributed by atoms with Gasteiger partial charge in [-0.15, -0.1) is 0 Å². The normalized spacial score (nSPS) is 15.6. The van der Waals surface area contributed by atoms with Gasteiger partial charge in [-0.05, 0) is 34.4 Å². The van der Waals surface area contributed by atoms with Crippen LogP contribution in [-0.2, 0) is 6.61 Å². The average Bonchev–Trinajstić information content (AvgIpc) is 3.40. The Hall–Kier alpha value is -4.70. The Labute approximate surface area is 235 Å². The lowest BCUT2D eigenvalue weighted by Gasteiger charge is -2.32. The van der Waals surface area contributed by atoms with Gasteiger partial charge in [-0.2, -0.15) is 0 Å². The Morgan fingerprint density at radius 3 is 1.90 bits per heavy atom. The molecule has 0 saturated heterocycles. The van der Waals surface area contributed by atoms with E-state index in [9.17, 15) is 0 Å². The molecule has 4 nitrogen and oxygen atoms in total. The lowest BCUT2D eigenvalue weighted by molar-refractivity contribution is 0.170. The first kappa shape index (κ1) is 24.3. The van der Waals surface area contributed by atoms with Gasteiger partial charge in [0.15, 0.2) is 11.5 Å². The third-order valence-electron chi connectivity index (χ3n) is 7.83. The standard InChI is InChI=1S/C36H31NO3/c1-4-12-26(13-5-1)25-40-33-23-35-34(38-20-21-39-35)22-30(33)31-24-37(32-19-11-10-18-29(31)32)36(27-14-6-2-7-15-27)28-16-8-3-9-17-28/h1-19,22-23,31,36H,20-21,24-25H2. The van der Waals surface area contributed by atoms with Crippen LogP contribution in [-0.4, -0.2) is 19.8 Å². The lowest BCUT2D eigenvalue weighted by atomic mass is 9.92. The van der Waals surface area contributed by atoms with Gasteiger partial charge in [-0.25, -0.2) is 0 Å². The summed E-state index contributed by atoms with van der Waals surface area (Å²) < 4.78 is 18.5. The van der Waals surface area contributed by atoms with Crippen LogP contribution in [0, 0.1) is 0 Å². The molecule has 2 heterocycles. The van der Waals surface area contributed by atoms with E-state index < -0.39 is 0 Å². The summed E-state index contributed by atoms with van der Waals surface area (Å²) >= 11 is 0. The summed E-state index contributed by atoms with van der Waals surface area (Å²) in [6.45, 7) is 2.39. The summed E-state index contributed by atoms with van der Waals surface area (Å²) in [7, 11) is 0. The SMILES string of the molecule is c1ccc(COc2cc3c(cc2C2CN(C(c4ccccc4)c4ccccc4)c4ccccc42)OCCO3)cc1. The predicted molar refractivity (Wildman–Crippen MR) is 159 cm³/mol. The summed E-state index contributed by atoms with van der Waals surface area (Å²) in [5, 5.41) is 0. The Morgan fingerprint density at radius 2 is 1.23 bits per heavy atom. The Morgan fingerprint density at radius 1 is 0.650 bits per heavy atom. The van der Waals surface area contributed by atoms with Crippen molar-refractivity contribution in [3.63, 3.8) is 0 Å². The van der Waals surface area contributed by atoms with E-state index >= 15 is 0 Å². The topological polar surface area (TPSA) is 30.9 Å². The maximum atomic E-state index is 6.53. The molecule has 0 aliphatic carbocycles. The Balaban J connectivity index is 1.32. The minimum atomic E-state index is 0.0828. The lowest BCUT2D eigenvalue weighted by Crippen LogP contribution is -2.29. The predicted octanol–water partition coefficient (Wildman–Crippen LogP) is 7.78. The third kappa shape index (κ3) is 4.66. The second-order valence-corrected chi connectivity index (χ2v) is 10.3. The molecule has 7 rings (SSSR count). The molecule has 4 heteroatoms. The molecule has 2 aliphatic heterocycles. The smallest absolute Gasteiger partial charge is 0.165 e. The van der Waals surface area contributed by atoms with Crippen LogP contribution in [0.1, 0.15) is 39.8 Å². The van der Waals surface area contributed by atoms with Crippen LogP contribution in [0.2, 0.25) is 0 Å². The highest BCUT2D eigenvalue weighted by atomic mass is 16.6. The van der Waals surface area contributed by atoms with Crippen LogP contribution in [0.5, 0.6) is 17.2 Å². The molecule has 198 valence electrons. The second kappa shape index (κ2) is 10.8. The molecular weight excluding hydrogens is 494 g/mol. The van der Waals surface area contributed by atoms with Crippen molar-refractivity contribution in [3.8, 4) is 17.2 Å². The van der Waals surface area contributed by atoms with Gasteiger partial charge in [0, 0.05) is 29.8 Å². The zero-order valence-electron chi connectivity index (χ0n) is 22.3. The monoisotopic (exact) mass is 525 g/mol. The molecule has 1 unspecified atom stereocenters. The van der Waals surface area contributed by atoms with Gasteiger partial charge >= 0.3 is 0 Å². The van der Waals surface area contributed by atoms with Crippen molar-refractivity contribution in [2.75, 3.05) is 24.7 Å². The maximum Gasteiger partial charge on any atom is 0.165 e. The highest BCUT2D eigenvalue weighted by molar-refractivity contribution is 5.68. The van der Waals surface area contributed by atoms with Crippen LogP contribution < -0.4 is 19.1 Å². The molecule has 0 fully saturated rings. The molecule has 0 bridgehead atoms. The minimum Gasteiger partial charge on any atom is -0.488 e. The summed E-state index contributed by atoms with van der Waals surface area (Å²) in [6.07, 6.45) is 0. The van der Waals surface area contributed by atoms with E-state index in [1.54, 1.807) is 0 Å². The van der Waals surface area contributed by atoms with E-state index in [4.69, 9.17) is 14.2 Å². The van der Waals surface area contributed by atoms with Gasteiger partial charge in [0.25, 0.3) is 0 Å². The van der Waals surface area contributed by atoms with Crippen molar-refractivity contribution in [2.45, 2.75) is 18.6 Å². The highest BCUT2D eigenvalue weighted by Crippen LogP contribution is 2.50. The van der Waals surface area contributed by atoms with Crippen LogP contribution in [0.25, 0.3) is 0 Å². The molecule has 0 aromatic heterocycles. The van der Waals surface area contributed by atoms with E-state index in [0.717, 1.165) is 34.9 Å². The molecule has 5 aromatic rings. The molecule has 1 atom stereocenters. The summed E-state index contributed by atoms with van der Waals surface area (Å²) in [4.78, 5) is 2.54. The first-order chi connectivity index (χ1) is 19.8. The third-order valence-corrected chi connectivity index (χ3v) is 7.83. The largest absolute Gasteiger partial charge is 0.488 e. The number of anilines is 1. The Bertz CT molecular complexity index is 1550. The van der Waals surface area contributed by atoms with E-state index in [1.165, 1.54) is 22.4 Å². The number of hydrogen-bond donors (Lipinski definition) is 0. The fourth-order valence-electron chi connectivity index (χ4n) is 5.99. The van der Waals surface area contributed by atoms with E-state index in [2.05, 4.69) is 108 Å². The Kier molecular flexibility index (Phi) is 6.58. The molecule has 0 N–H and O–H groups in total. The van der Waals surface area contributed by atoms with Gasteiger partial charge < -0.3 is 19.1 Å². The van der Waals surface area contributed by atoms with E-state index in [0.29, 0.717) is 19.8 Å². The fraction of sp³-hybridized carbons (Fsp3) is 0.167. The van der Waals surface area contributed by atoms with Crippen molar-refractivity contribution < 1.29 is 14.2 Å². The van der Waals surface area contributed by atoms with Gasteiger partial charge in [0.05, 0.1) is 6.04 Å². The van der Waals surface area contributed by atoms with Crippen LogP contribution in [0.15, 0.2) is 127 Å². The summed E-state index contributed by atoms with van der Waals surface area (Å²) in [6, 6.07) is 44.9. The van der Waals surface area contributed by atoms with Gasteiger partial charge in [0.1, 0.15) is 25.6 Å². The molecule has 2 aliphatic rings. The fourth-order valence-corrected chi connectivity index (χ4v) is 5.99. The van der Waals surface area contributed by atoms with Crippen molar-refractivity contribution in [1.82, 2.24) is 0 Å². The van der Waals surface area contributed by atoms with Crippen molar-refractivity contribution in [3.05, 3.63) is 155 Å². The quantitative estimate of drug-likeness (QED) is 0.217. The maximum absolute atomic E-state index is 6.53. The van der Waals surface area contributed by atoms with Crippen molar-refractivity contribution in [2.24, 2.45) is 0 Å². The number of fused-ring (bicyclic) bond motifs is 2. The number of hydrogen-bond acceptors (Lipinski definition) is 4. The second-order valence-electron chi connectivity index (χ2n) is 10.3. The number of ether oxygens (including phenoxy) is 3. The van der Waals surface area contributed by atoms with Crippen LogP contribution in [0.4, 0.5) is 5.69 Å². The number of para-hydroxylation sites is 1. The summed E-state index contributed by atoms with van der Waals surface area (Å²) in [5.41, 5.74) is 7.33. The first-order valence-electron chi connectivity index (χ1n) is 13.9. The van der Waals surface area contributed by atoms with Crippen molar-refractivity contribution in [1.29, 1.82) is 0 Å².